The minimum Gasteiger partial charge on any atom is -0.462 e. The average Bonchev–Trinajstić information content (AvgIpc) is 2.92. The SMILES string of the molecule is C=C(C)C(=O)OCCCCN=C=O.c1cn[nH]c1. The van der Waals surface area contributed by atoms with Crippen molar-refractivity contribution in [1.82, 2.24) is 10.2 Å². The fourth-order valence-electron chi connectivity index (χ4n) is 0.842. The van der Waals surface area contributed by atoms with Crippen LogP contribution in [-0.2, 0) is 14.3 Å². The Morgan fingerprint density at radius 3 is 2.78 bits per heavy atom. The van der Waals surface area contributed by atoms with Crippen LogP contribution >= 0.6 is 0 Å². The van der Waals surface area contributed by atoms with Crippen LogP contribution in [0.5, 0.6) is 0 Å². The number of isocyanates is 1. The van der Waals surface area contributed by atoms with Gasteiger partial charge in [-0.3, -0.25) is 5.10 Å². The first-order valence-corrected chi connectivity index (χ1v) is 5.48. The molecule has 0 radical (unpaired) electrons. The molecule has 0 aliphatic heterocycles. The molecule has 98 valence electrons. The number of aromatic nitrogens is 2. The second kappa shape index (κ2) is 11.3. The van der Waals surface area contributed by atoms with Gasteiger partial charge >= 0.3 is 5.97 Å². The topological polar surface area (TPSA) is 84.4 Å². The molecule has 0 aromatic carbocycles. The third-order valence-electron chi connectivity index (χ3n) is 1.72. The van der Waals surface area contributed by atoms with Crippen molar-refractivity contribution in [2.24, 2.45) is 4.99 Å². The maximum absolute atomic E-state index is 10.8. The fourth-order valence-corrected chi connectivity index (χ4v) is 0.842. The van der Waals surface area contributed by atoms with Crippen LogP contribution in [0.15, 0.2) is 35.6 Å². The molecular formula is C12H17N3O3. The van der Waals surface area contributed by atoms with Crippen LogP contribution in [0, 0.1) is 0 Å². The van der Waals surface area contributed by atoms with E-state index in [1.165, 1.54) is 6.08 Å². The third kappa shape index (κ3) is 10.3. The molecule has 6 nitrogen and oxygen atoms in total. The van der Waals surface area contributed by atoms with Gasteiger partial charge in [-0.25, -0.2) is 14.6 Å². The highest BCUT2D eigenvalue weighted by atomic mass is 16.5. The van der Waals surface area contributed by atoms with Crippen LogP contribution < -0.4 is 0 Å². The van der Waals surface area contributed by atoms with Crippen LogP contribution in [0.2, 0.25) is 0 Å². The Balaban J connectivity index is 0.000000473. The molecular weight excluding hydrogens is 234 g/mol. The number of unbranched alkanes of at least 4 members (excludes halogenated alkanes) is 1. The molecule has 1 heterocycles. The van der Waals surface area contributed by atoms with Crippen molar-refractivity contribution in [3.63, 3.8) is 0 Å². The van der Waals surface area contributed by atoms with E-state index in [2.05, 4.69) is 21.8 Å². The van der Waals surface area contributed by atoms with Gasteiger partial charge in [0.2, 0.25) is 6.08 Å². The van der Waals surface area contributed by atoms with Gasteiger partial charge in [0.25, 0.3) is 0 Å². The Labute approximate surface area is 106 Å². The van der Waals surface area contributed by atoms with Crippen molar-refractivity contribution in [2.75, 3.05) is 13.2 Å². The lowest BCUT2D eigenvalue weighted by Gasteiger charge is -2.02. The molecule has 1 rings (SSSR count). The number of nitrogens with one attached hydrogen (secondary N) is 1. The summed E-state index contributed by atoms with van der Waals surface area (Å²) in [5.41, 5.74) is 0.394. The van der Waals surface area contributed by atoms with Crippen molar-refractivity contribution in [3.05, 3.63) is 30.6 Å². The summed E-state index contributed by atoms with van der Waals surface area (Å²) in [6.07, 6.45) is 6.32. The normalized spacial score (nSPS) is 8.50. The fraction of sp³-hybridized carbons (Fsp3) is 0.417. The van der Waals surface area contributed by atoms with Gasteiger partial charge < -0.3 is 4.74 Å². The number of aliphatic imine (C=N–C) groups is 1. The summed E-state index contributed by atoms with van der Waals surface area (Å²) in [6, 6.07) is 1.83. The van der Waals surface area contributed by atoms with E-state index in [-0.39, 0.29) is 5.97 Å². The largest absolute Gasteiger partial charge is 0.462 e. The van der Waals surface area contributed by atoms with E-state index in [4.69, 9.17) is 4.74 Å². The number of ether oxygens (including phenoxy) is 1. The molecule has 0 fully saturated rings. The molecule has 0 amide bonds. The number of H-pyrrole nitrogens is 1. The van der Waals surface area contributed by atoms with E-state index < -0.39 is 0 Å². The molecule has 6 heteroatoms. The summed E-state index contributed by atoms with van der Waals surface area (Å²) < 4.78 is 4.80. The zero-order valence-corrected chi connectivity index (χ0v) is 10.4. The van der Waals surface area contributed by atoms with Crippen LogP contribution in [0.4, 0.5) is 0 Å². The first-order valence-electron chi connectivity index (χ1n) is 5.48. The first kappa shape index (κ1) is 15.8. The second-order valence-electron chi connectivity index (χ2n) is 3.36. The third-order valence-corrected chi connectivity index (χ3v) is 1.72. The zero-order chi connectivity index (χ0) is 13.6. The number of rotatable bonds is 6. The van der Waals surface area contributed by atoms with Gasteiger partial charge in [-0.05, 0) is 25.8 Å². The zero-order valence-electron chi connectivity index (χ0n) is 10.4. The van der Waals surface area contributed by atoms with Gasteiger partial charge in [0.05, 0.1) is 13.2 Å². The van der Waals surface area contributed by atoms with E-state index in [1.54, 1.807) is 19.3 Å². The van der Waals surface area contributed by atoms with Crippen LogP contribution in [0.25, 0.3) is 0 Å². The van der Waals surface area contributed by atoms with Crippen LogP contribution in [-0.4, -0.2) is 35.4 Å². The Morgan fingerprint density at radius 2 is 2.33 bits per heavy atom. The molecule has 0 aliphatic carbocycles. The lowest BCUT2D eigenvalue weighted by Crippen LogP contribution is -2.06. The van der Waals surface area contributed by atoms with Crippen LogP contribution in [0.3, 0.4) is 0 Å². The van der Waals surface area contributed by atoms with Crippen molar-refractivity contribution < 1.29 is 14.3 Å². The Morgan fingerprint density at radius 1 is 1.56 bits per heavy atom. The smallest absolute Gasteiger partial charge is 0.333 e. The predicted molar refractivity (Wildman–Crippen MR) is 66.6 cm³/mol. The Hall–Kier alpha value is -2.20. The minimum atomic E-state index is -0.376. The van der Waals surface area contributed by atoms with Gasteiger partial charge in [0.15, 0.2) is 0 Å². The standard InChI is InChI=1S/C9H13NO3.C3H4N2/c1-8(2)9(12)13-6-4-3-5-10-7-11;1-2-4-5-3-1/h1,3-6H2,2H3;1-3H,(H,4,5). The summed E-state index contributed by atoms with van der Waals surface area (Å²) in [5.74, 6) is -0.376. The highest BCUT2D eigenvalue weighted by Crippen LogP contribution is 1.95. The molecule has 0 bridgehead atoms. The molecule has 0 aliphatic rings. The molecule has 0 saturated carbocycles. The van der Waals surface area contributed by atoms with Gasteiger partial charge in [-0.15, -0.1) is 0 Å². The average molecular weight is 251 g/mol. The van der Waals surface area contributed by atoms with E-state index in [1.807, 2.05) is 6.07 Å². The number of carbonyl (C=O) groups is 1. The second-order valence-corrected chi connectivity index (χ2v) is 3.36. The number of carbonyl (C=O) groups excluding carboxylic acids is 2. The molecule has 0 unspecified atom stereocenters. The monoisotopic (exact) mass is 251 g/mol. The molecule has 1 N–H and O–H groups in total. The van der Waals surface area contributed by atoms with Crippen molar-refractivity contribution in [3.8, 4) is 0 Å². The maximum Gasteiger partial charge on any atom is 0.333 e. The maximum atomic E-state index is 10.8. The summed E-state index contributed by atoms with van der Waals surface area (Å²) in [7, 11) is 0. The van der Waals surface area contributed by atoms with Crippen molar-refractivity contribution in [2.45, 2.75) is 19.8 Å². The van der Waals surface area contributed by atoms with E-state index in [0.29, 0.717) is 25.1 Å². The van der Waals surface area contributed by atoms with Gasteiger partial charge in [-0.1, -0.05) is 6.58 Å². The van der Waals surface area contributed by atoms with Gasteiger partial charge in [0.1, 0.15) is 0 Å². The van der Waals surface area contributed by atoms with Crippen molar-refractivity contribution >= 4 is 12.0 Å². The molecule has 1 aromatic rings. The summed E-state index contributed by atoms with van der Waals surface area (Å²) in [4.78, 5) is 23.8. The van der Waals surface area contributed by atoms with Crippen LogP contribution in [0.1, 0.15) is 19.8 Å². The quantitative estimate of drug-likeness (QED) is 0.274. The van der Waals surface area contributed by atoms with Gasteiger partial charge in [-0.2, -0.15) is 5.10 Å². The van der Waals surface area contributed by atoms with Crippen molar-refractivity contribution in [1.29, 1.82) is 0 Å². The summed E-state index contributed by atoms with van der Waals surface area (Å²) >= 11 is 0. The number of hydrogen-bond acceptors (Lipinski definition) is 5. The minimum absolute atomic E-state index is 0.347. The van der Waals surface area contributed by atoms with E-state index >= 15 is 0 Å². The molecule has 0 atom stereocenters. The Kier molecular flexibility index (Phi) is 9.91. The molecule has 1 aromatic heterocycles. The molecule has 0 saturated heterocycles. The van der Waals surface area contributed by atoms with Gasteiger partial charge in [0, 0.05) is 18.0 Å². The summed E-state index contributed by atoms with van der Waals surface area (Å²) in [5, 5.41) is 6.21. The Bertz CT molecular complexity index is 364. The number of esters is 1. The van der Waals surface area contributed by atoms with E-state index in [0.717, 1.165) is 6.42 Å². The predicted octanol–water partition coefficient (Wildman–Crippen LogP) is 1.63. The first-order chi connectivity index (χ1) is 8.68. The highest BCUT2D eigenvalue weighted by Gasteiger charge is 2.01. The number of aromatic amines is 1. The lowest BCUT2D eigenvalue weighted by atomic mass is 10.3. The van der Waals surface area contributed by atoms with E-state index in [9.17, 15) is 9.59 Å². The number of hydrogen-bond donors (Lipinski definition) is 1. The number of nitrogens with zero attached hydrogens (tertiary/aromatic N) is 2. The lowest BCUT2D eigenvalue weighted by molar-refractivity contribution is -0.139. The molecule has 18 heavy (non-hydrogen) atoms. The summed E-state index contributed by atoms with van der Waals surface area (Å²) in [6.45, 7) is 5.82. The highest BCUT2D eigenvalue weighted by molar-refractivity contribution is 5.86. The molecule has 0 spiro atoms.